The summed E-state index contributed by atoms with van der Waals surface area (Å²) in [6.07, 6.45) is -0.560. The zero-order valence-electron chi connectivity index (χ0n) is 11.7. The van der Waals surface area contributed by atoms with Crippen LogP contribution in [0.2, 0.25) is 0 Å². The summed E-state index contributed by atoms with van der Waals surface area (Å²) in [5, 5.41) is 0. The molecule has 1 saturated heterocycles. The van der Waals surface area contributed by atoms with E-state index in [9.17, 15) is 4.79 Å². The van der Waals surface area contributed by atoms with Gasteiger partial charge in [-0.1, -0.05) is 15.9 Å². The first-order chi connectivity index (χ1) is 9.49. The van der Waals surface area contributed by atoms with E-state index in [1.165, 1.54) is 0 Å². The second-order valence-electron chi connectivity index (χ2n) is 4.84. The number of anilines is 1. The number of morpholine rings is 1. The number of amides is 1. The van der Waals surface area contributed by atoms with Crippen molar-refractivity contribution in [2.24, 2.45) is 0 Å². The van der Waals surface area contributed by atoms with Gasteiger partial charge in [0, 0.05) is 17.6 Å². The van der Waals surface area contributed by atoms with Crippen molar-refractivity contribution in [3.05, 3.63) is 22.2 Å². The predicted molar refractivity (Wildman–Crippen MR) is 80.8 cm³/mol. The number of carbonyl (C=O) groups is 1. The number of aryl methyl sites for hydroxylation is 1. The van der Waals surface area contributed by atoms with Crippen molar-refractivity contribution in [2.75, 3.05) is 32.0 Å². The second kappa shape index (κ2) is 6.45. The largest absolute Gasteiger partial charge is 0.478 e. The zero-order chi connectivity index (χ0) is 14.7. The Kier molecular flexibility index (Phi) is 4.88. The molecule has 1 aromatic rings. The fourth-order valence-corrected chi connectivity index (χ4v) is 2.77. The lowest BCUT2D eigenvalue weighted by atomic mass is 10.2. The SMILES string of the molecule is Cc1cc(Br)cc(N)c1OC(C)C(=O)N1CCOCC1. The van der Waals surface area contributed by atoms with E-state index in [0.29, 0.717) is 37.7 Å². The molecule has 1 aromatic carbocycles. The third-order valence-corrected chi connectivity index (χ3v) is 3.69. The van der Waals surface area contributed by atoms with E-state index in [-0.39, 0.29) is 5.91 Å². The van der Waals surface area contributed by atoms with Gasteiger partial charge in [-0.25, -0.2) is 0 Å². The molecule has 1 unspecified atom stereocenters. The van der Waals surface area contributed by atoms with Gasteiger partial charge in [0.05, 0.1) is 18.9 Å². The molecule has 0 aliphatic carbocycles. The molecule has 1 amide bonds. The highest BCUT2D eigenvalue weighted by molar-refractivity contribution is 9.10. The van der Waals surface area contributed by atoms with Crippen LogP contribution >= 0.6 is 15.9 Å². The molecule has 110 valence electrons. The van der Waals surface area contributed by atoms with Crippen LogP contribution in [0, 0.1) is 6.92 Å². The van der Waals surface area contributed by atoms with Crippen LogP contribution < -0.4 is 10.5 Å². The van der Waals surface area contributed by atoms with Crippen LogP contribution in [0.5, 0.6) is 5.75 Å². The van der Waals surface area contributed by atoms with Gasteiger partial charge in [0.25, 0.3) is 5.91 Å². The monoisotopic (exact) mass is 342 g/mol. The summed E-state index contributed by atoms with van der Waals surface area (Å²) in [5.41, 5.74) is 7.38. The number of halogens is 1. The lowest BCUT2D eigenvalue weighted by Gasteiger charge is -2.29. The maximum Gasteiger partial charge on any atom is 0.263 e. The van der Waals surface area contributed by atoms with Crippen LogP contribution in [-0.4, -0.2) is 43.2 Å². The number of nitrogens with two attached hydrogens (primary N) is 1. The number of nitrogen functional groups attached to an aromatic ring is 1. The van der Waals surface area contributed by atoms with Crippen molar-refractivity contribution >= 4 is 27.5 Å². The minimum atomic E-state index is -0.560. The molecule has 2 N–H and O–H groups in total. The summed E-state index contributed by atoms with van der Waals surface area (Å²) in [4.78, 5) is 14.0. The number of benzene rings is 1. The van der Waals surface area contributed by atoms with Crippen molar-refractivity contribution in [3.63, 3.8) is 0 Å². The van der Waals surface area contributed by atoms with Crippen LogP contribution in [-0.2, 0) is 9.53 Å². The smallest absolute Gasteiger partial charge is 0.263 e. The van der Waals surface area contributed by atoms with Crippen LogP contribution in [0.3, 0.4) is 0 Å². The van der Waals surface area contributed by atoms with Gasteiger partial charge < -0.3 is 20.1 Å². The Morgan fingerprint density at radius 2 is 2.10 bits per heavy atom. The highest BCUT2D eigenvalue weighted by Crippen LogP contribution is 2.31. The van der Waals surface area contributed by atoms with Crippen LogP contribution in [0.15, 0.2) is 16.6 Å². The molecular formula is C14H19BrN2O3. The summed E-state index contributed by atoms with van der Waals surface area (Å²) < 4.78 is 11.9. The molecule has 0 aromatic heterocycles. The van der Waals surface area contributed by atoms with Gasteiger partial charge in [-0.15, -0.1) is 0 Å². The number of nitrogens with zero attached hydrogens (tertiary/aromatic N) is 1. The average molecular weight is 343 g/mol. The van der Waals surface area contributed by atoms with E-state index in [2.05, 4.69) is 15.9 Å². The molecule has 5 nitrogen and oxygen atoms in total. The Labute approximate surface area is 127 Å². The van der Waals surface area contributed by atoms with E-state index >= 15 is 0 Å². The highest BCUT2D eigenvalue weighted by atomic mass is 79.9. The maximum atomic E-state index is 12.3. The van der Waals surface area contributed by atoms with Gasteiger partial charge in [-0.3, -0.25) is 4.79 Å². The van der Waals surface area contributed by atoms with Crippen molar-refractivity contribution in [1.82, 2.24) is 4.90 Å². The lowest BCUT2D eigenvalue weighted by molar-refractivity contribution is -0.142. The Hall–Kier alpha value is -1.27. The van der Waals surface area contributed by atoms with Crippen molar-refractivity contribution in [3.8, 4) is 5.75 Å². The quantitative estimate of drug-likeness (QED) is 0.853. The highest BCUT2D eigenvalue weighted by Gasteiger charge is 2.24. The number of carbonyl (C=O) groups excluding carboxylic acids is 1. The van der Waals surface area contributed by atoms with E-state index < -0.39 is 6.10 Å². The van der Waals surface area contributed by atoms with Crippen LogP contribution in [0.4, 0.5) is 5.69 Å². The average Bonchev–Trinajstić information content (AvgIpc) is 2.42. The van der Waals surface area contributed by atoms with E-state index in [1.807, 2.05) is 13.0 Å². The minimum absolute atomic E-state index is 0.0324. The van der Waals surface area contributed by atoms with Crippen molar-refractivity contribution in [1.29, 1.82) is 0 Å². The second-order valence-corrected chi connectivity index (χ2v) is 5.75. The fraction of sp³-hybridized carbons (Fsp3) is 0.500. The summed E-state index contributed by atoms with van der Waals surface area (Å²) in [6.45, 7) is 6.04. The van der Waals surface area contributed by atoms with E-state index in [0.717, 1.165) is 10.0 Å². The molecule has 1 aliphatic heterocycles. The van der Waals surface area contributed by atoms with Crippen LogP contribution in [0.1, 0.15) is 12.5 Å². The lowest BCUT2D eigenvalue weighted by Crippen LogP contribution is -2.46. The predicted octanol–water partition coefficient (Wildman–Crippen LogP) is 1.97. The first-order valence-corrected chi connectivity index (χ1v) is 7.37. The Morgan fingerprint density at radius 3 is 2.70 bits per heavy atom. The summed E-state index contributed by atoms with van der Waals surface area (Å²) in [7, 11) is 0. The fourth-order valence-electron chi connectivity index (χ4n) is 2.18. The molecule has 1 heterocycles. The minimum Gasteiger partial charge on any atom is -0.478 e. The topological polar surface area (TPSA) is 64.8 Å². The summed E-state index contributed by atoms with van der Waals surface area (Å²) in [6, 6.07) is 3.69. The van der Waals surface area contributed by atoms with Crippen molar-refractivity contribution in [2.45, 2.75) is 20.0 Å². The maximum absolute atomic E-state index is 12.3. The summed E-state index contributed by atoms with van der Waals surface area (Å²) >= 11 is 3.38. The number of hydrogen-bond donors (Lipinski definition) is 1. The molecule has 0 radical (unpaired) electrons. The van der Waals surface area contributed by atoms with Gasteiger partial charge >= 0.3 is 0 Å². The van der Waals surface area contributed by atoms with Gasteiger partial charge in [0.2, 0.25) is 0 Å². The molecule has 2 rings (SSSR count). The van der Waals surface area contributed by atoms with Gasteiger partial charge in [0.1, 0.15) is 5.75 Å². The third-order valence-electron chi connectivity index (χ3n) is 3.23. The van der Waals surface area contributed by atoms with E-state index in [1.54, 1.807) is 17.9 Å². The third kappa shape index (κ3) is 3.43. The molecule has 1 aliphatic rings. The van der Waals surface area contributed by atoms with Gasteiger partial charge in [-0.05, 0) is 31.5 Å². The van der Waals surface area contributed by atoms with E-state index in [4.69, 9.17) is 15.2 Å². The Morgan fingerprint density at radius 1 is 1.45 bits per heavy atom. The zero-order valence-corrected chi connectivity index (χ0v) is 13.3. The van der Waals surface area contributed by atoms with Crippen LogP contribution in [0.25, 0.3) is 0 Å². The molecule has 0 saturated carbocycles. The molecule has 1 fully saturated rings. The molecular weight excluding hydrogens is 324 g/mol. The van der Waals surface area contributed by atoms with Gasteiger partial charge in [-0.2, -0.15) is 0 Å². The van der Waals surface area contributed by atoms with Crippen molar-refractivity contribution < 1.29 is 14.3 Å². The first-order valence-electron chi connectivity index (χ1n) is 6.58. The number of rotatable bonds is 3. The number of hydrogen-bond acceptors (Lipinski definition) is 4. The molecule has 0 bridgehead atoms. The Bertz CT molecular complexity index is 478. The Balaban J connectivity index is 2.07. The standard InChI is InChI=1S/C14H19BrN2O3/c1-9-7-11(15)8-12(16)13(9)20-10(2)14(18)17-3-5-19-6-4-17/h7-8,10H,3-6,16H2,1-2H3. The van der Waals surface area contributed by atoms with Gasteiger partial charge in [0.15, 0.2) is 6.10 Å². The normalized spacial score (nSPS) is 16.9. The number of ether oxygens (including phenoxy) is 2. The molecule has 20 heavy (non-hydrogen) atoms. The molecule has 1 atom stereocenters. The summed E-state index contributed by atoms with van der Waals surface area (Å²) in [5.74, 6) is 0.539. The molecule has 0 spiro atoms. The first kappa shape index (κ1) is 15.1. The molecule has 6 heteroatoms.